The van der Waals surface area contributed by atoms with Gasteiger partial charge in [-0.1, -0.05) is 30.3 Å². The van der Waals surface area contributed by atoms with Gasteiger partial charge in [-0.3, -0.25) is 9.69 Å². The van der Waals surface area contributed by atoms with Crippen LogP contribution < -0.4 is 5.32 Å². The smallest absolute Gasteiger partial charge is 0.410 e. The van der Waals surface area contributed by atoms with Crippen molar-refractivity contribution in [1.29, 1.82) is 0 Å². The second-order valence-corrected chi connectivity index (χ2v) is 7.77. The zero-order valence-corrected chi connectivity index (χ0v) is 15.7. The van der Waals surface area contributed by atoms with Crippen molar-refractivity contribution in [1.82, 2.24) is 10.2 Å². The van der Waals surface area contributed by atoms with E-state index in [-0.39, 0.29) is 11.9 Å². The van der Waals surface area contributed by atoms with E-state index >= 15 is 0 Å². The Morgan fingerprint density at radius 3 is 2.60 bits per heavy atom. The molecular weight excluding hydrogens is 316 g/mol. The molecule has 2 atom stereocenters. The predicted octanol–water partition coefficient (Wildman–Crippen LogP) is 3.52. The Kier molecular flexibility index (Phi) is 6.45. The Morgan fingerprint density at radius 1 is 1.28 bits per heavy atom. The quantitative estimate of drug-likeness (QED) is 0.887. The maximum atomic E-state index is 12.6. The molecule has 1 heterocycles. The SMILES string of the molecule is CC(CCc1ccccc1)NC(=O)C1CCCN1C(=O)OC(C)(C)C. The highest BCUT2D eigenvalue weighted by molar-refractivity contribution is 5.86. The van der Waals surface area contributed by atoms with Gasteiger partial charge in [0.25, 0.3) is 0 Å². The number of benzene rings is 1. The second kappa shape index (κ2) is 8.37. The molecule has 138 valence electrons. The lowest BCUT2D eigenvalue weighted by Crippen LogP contribution is -2.49. The third kappa shape index (κ3) is 6.07. The Labute approximate surface area is 150 Å². The van der Waals surface area contributed by atoms with Gasteiger partial charge in [0.1, 0.15) is 11.6 Å². The molecule has 25 heavy (non-hydrogen) atoms. The Hall–Kier alpha value is -2.04. The summed E-state index contributed by atoms with van der Waals surface area (Å²) in [6, 6.07) is 9.87. The highest BCUT2D eigenvalue weighted by Gasteiger charge is 2.36. The number of amides is 2. The number of nitrogens with one attached hydrogen (secondary N) is 1. The van der Waals surface area contributed by atoms with E-state index < -0.39 is 17.7 Å². The van der Waals surface area contributed by atoms with Crippen molar-refractivity contribution in [3.8, 4) is 0 Å². The van der Waals surface area contributed by atoms with Crippen molar-refractivity contribution >= 4 is 12.0 Å². The van der Waals surface area contributed by atoms with Crippen LogP contribution in [0.1, 0.15) is 52.5 Å². The number of carbonyl (C=O) groups excluding carboxylic acids is 2. The molecule has 1 saturated heterocycles. The molecule has 1 fully saturated rings. The lowest BCUT2D eigenvalue weighted by atomic mass is 10.1. The number of nitrogens with zero attached hydrogens (tertiary/aromatic N) is 1. The van der Waals surface area contributed by atoms with Crippen molar-refractivity contribution < 1.29 is 14.3 Å². The van der Waals surface area contributed by atoms with Crippen molar-refractivity contribution in [2.75, 3.05) is 6.54 Å². The van der Waals surface area contributed by atoms with Crippen LogP contribution in [-0.4, -0.2) is 41.1 Å². The largest absolute Gasteiger partial charge is 0.444 e. The van der Waals surface area contributed by atoms with Crippen LogP contribution in [0.25, 0.3) is 0 Å². The molecule has 1 aliphatic heterocycles. The van der Waals surface area contributed by atoms with Crippen LogP contribution in [0.5, 0.6) is 0 Å². The average molecular weight is 346 g/mol. The van der Waals surface area contributed by atoms with Crippen LogP contribution in [0.3, 0.4) is 0 Å². The van der Waals surface area contributed by atoms with E-state index in [1.165, 1.54) is 5.56 Å². The fraction of sp³-hybridized carbons (Fsp3) is 0.600. The first-order chi connectivity index (χ1) is 11.8. The van der Waals surface area contributed by atoms with Gasteiger partial charge >= 0.3 is 6.09 Å². The summed E-state index contributed by atoms with van der Waals surface area (Å²) < 4.78 is 5.42. The highest BCUT2D eigenvalue weighted by atomic mass is 16.6. The van der Waals surface area contributed by atoms with Crippen LogP contribution in [0.15, 0.2) is 30.3 Å². The number of aryl methyl sites for hydroxylation is 1. The van der Waals surface area contributed by atoms with Crippen molar-refractivity contribution in [3.63, 3.8) is 0 Å². The number of hydrogen-bond donors (Lipinski definition) is 1. The van der Waals surface area contributed by atoms with E-state index in [0.29, 0.717) is 13.0 Å². The average Bonchev–Trinajstić information content (AvgIpc) is 3.02. The topological polar surface area (TPSA) is 58.6 Å². The Bertz CT molecular complexity index is 580. The molecular formula is C20H30N2O3. The van der Waals surface area contributed by atoms with Gasteiger partial charge in [-0.2, -0.15) is 0 Å². The minimum absolute atomic E-state index is 0.0637. The van der Waals surface area contributed by atoms with Gasteiger partial charge in [-0.25, -0.2) is 4.79 Å². The van der Waals surface area contributed by atoms with E-state index in [4.69, 9.17) is 4.74 Å². The number of likely N-dealkylation sites (tertiary alicyclic amines) is 1. The van der Waals surface area contributed by atoms with Crippen LogP contribution in [0.4, 0.5) is 4.79 Å². The standard InChI is InChI=1S/C20H30N2O3/c1-15(12-13-16-9-6-5-7-10-16)21-18(23)17-11-8-14-22(17)19(24)25-20(2,3)4/h5-7,9-10,15,17H,8,11-14H2,1-4H3,(H,21,23). The molecule has 2 unspecified atom stereocenters. The van der Waals surface area contributed by atoms with E-state index in [0.717, 1.165) is 19.3 Å². The molecule has 0 bridgehead atoms. The molecule has 0 aromatic heterocycles. The van der Waals surface area contributed by atoms with Gasteiger partial charge in [0.15, 0.2) is 0 Å². The molecule has 1 aliphatic rings. The molecule has 5 heteroatoms. The van der Waals surface area contributed by atoms with Crippen LogP contribution in [0.2, 0.25) is 0 Å². The van der Waals surface area contributed by atoms with Gasteiger partial charge < -0.3 is 10.1 Å². The first-order valence-corrected chi connectivity index (χ1v) is 9.10. The second-order valence-electron chi connectivity index (χ2n) is 7.77. The summed E-state index contributed by atoms with van der Waals surface area (Å²) in [5.74, 6) is -0.0797. The zero-order chi connectivity index (χ0) is 18.4. The molecule has 0 aliphatic carbocycles. The van der Waals surface area contributed by atoms with Gasteiger partial charge in [-0.05, 0) is 58.9 Å². The van der Waals surface area contributed by atoms with Gasteiger partial charge in [0, 0.05) is 12.6 Å². The fourth-order valence-corrected chi connectivity index (χ4v) is 3.02. The molecule has 5 nitrogen and oxygen atoms in total. The summed E-state index contributed by atoms with van der Waals surface area (Å²) in [5.41, 5.74) is 0.712. The van der Waals surface area contributed by atoms with Crippen molar-refractivity contribution in [3.05, 3.63) is 35.9 Å². The van der Waals surface area contributed by atoms with Crippen LogP contribution in [-0.2, 0) is 16.0 Å². The fourth-order valence-electron chi connectivity index (χ4n) is 3.02. The van der Waals surface area contributed by atoms with Gasteiger partial charge in [-0.15, -0.1) is 0 Å². The predicted molar refractivity (Wildman–Crippen MR) is 98.3 cm³/mol. The molecule has 2 rings (SSSR count). The molecule has 1 aromatic carbocycles. The number of ether oxygens (including phenoxy) is 1. The highest BCUT2D eigenvalue weighted by Crippen LogP contribution is 2.21. The molecule has 0 saturated carbocycles. The Morgan fingerprint density at radius 2 is 1.96 bits per heavy atom. The van der Waals surface area contributed by atoms with Crippen molar-refractivity contribution in [2.24, 2.45) is 0 Å². The third-order valence-corrected chi connectivity index (χ3v) is 4.28. The lowest BCUT2D eigenvalue weighted by molar-refractivity contribution is -0.126. The van der Waals surface area contributed by atoms with E-state index in [9.17, 15) is 9.59 Å². The summed E-state index contributed by atoms with van der Waals surface area (Å²) in [6.45, 7) is 8.09. The van der Waals surface area contributed by atoms with Crippen LogP contribution in [0, 0.1) is 0 Å². The lowest BCUT2D eigenvalue weighted by Gasteiger charge is -2.28. The summed E-state index contributed by atoms with van der Waals surface area (Å²) >= 11 is 0. The summed E-state index contributed by atoms with van der Waals surface area (Å²) in [5, 5.41) is 3.05. The monoisotopic (exact) mass is 346 g/mol. The minimum atomic E-state index is -0.552. The van der Waals surface area contributed by atoms with E-state index in [2.05, 4.69) is 17.4 Å². The minimum Gasteiger partial charge on any atom is -0.444 e. The zero-order valence-electron chi connectivity index (χ0n) is 15.7. The summed E-state index contributed by atoms with van der Waals surface area (Å²) in [7, 11) is 0. The van der Waals surface area contributed by atoms with E-state index in [1.807, 2.05) is 45.9 Å². The van der Waals surface area contributed by atoms with Gasteiger partial charge in [0.2, 0.25) is 5.91 Å². The summed E-state index contributed by atoms with van der Waals surface area (Å²) in [6.07, 6.45) is 2.91. The molecule has 1 N–H and O–H groups in total. The Balaban J connectivity index is 1.85. The number of carbonyl (C=O) groups is 2. The maximum Gasteiger partial charge on any atom is 0.410 e. The normalized spacial score (nSPS) is 18.7. The molecule has 0 spiro atoms. The molecule has 2 amide bonds. The van der Waals surface area contributed by atoms with Crippen LogP contribution >= 0.6 is 0 Å². The van der Waals surface area contributed by atoms with Crippen molar-refractivity contribution in [2.45, 2.75) is 71.1 Å². The number of rotatable bonds is 5. The molecule has 0 radical (unpaired) electrons. The number of hydrogen-bond acceptors (Lipinski definition) is 3. The molecule has 1 aromatic rings. The maximum absolute atomic E-state index is 12.6. The first kappa shape index (κ1) is 19.3. The first-order valence-electron chi connectivity index (χ1n) is 9.10. The third-order valence-electron chi connectivity index (χ3n) is 4.28. The summed E-state index contributed by atoms with van der Waals surface area (Å²) in [4.78, 5) is 26.4. The van der Waals surface area contributed by atoms with Gasteiger partial charge in [0.05, 0.1) is 0 Å². The van der Waals surface area contributed by atoms with E-state index in [1.54, 1.807) is 4.90 Å².